The second-order valence-electron chi connectivity index (χ2n) is 8.30. The van der Waals surface area contributed by atoms with Gasteiger partial charge in [-0.05, 0) is 61.4 Å². The first-order valence-electron chi connectivity index (χ1n) is 11.3. The van der Waals surface area contributed by atoms with Gasteiger partial charge in [0.05, 0.1) is 34.5 Å². The Morgan fingerprint density at radius 2 is 2.00 bits per heavy atom. The second-order valence-corrected chi connectivity index (χ2v) is 11.2. The molecule has 36 heavy (non-hydrogen) atoms. The maximum atomic E-state index is 14.0. The lowest BCUT2D eigenvalue weighted by atomic mass is 10.2. The zero-order chi connectivity index (χ0) is 25.3. The number of aromatic nitrogens is 2. The number of halogens is 1. The molecule has 0 bridgehead atoms. The Kier molecular flexibility index (Phi) is 6.69. The molecule has 0 aliphatic carbocycles. The van der Waals surface area contributed by atoms with Gasteiger partial charge in [0.25, 0.3) is 0 Å². The van der Waals surface area contributed by atoms with Crippen molar-refractivity contribution in [2.45, 2.75) is 30.3 Å². The lowest BCUT2D eigenvalue weighted by molar-refractivity contribution is -0.121. The molecule has 0 radical (unpaired) electrons. The standard InChI is InChI=1S/C25H23FN4O4S2/c1-34-19-9-12-23-21(15-19)28-25(35-23)29(16-18-5-2-3-13-27-18)24(31)22-6-4-14-30(22)36(32,33)20-10-7-17(26)8-11-20/h2-3,5,7-13,15,22H,4,6,14,16H2,1H3. The van der Waals surface area contributed by atoms with Gasteiger partial charge in [0.1, 0.15) is 17.6 Å². The maximum absolute atomic E-state index is 14.0. The number of amides is 1. The molecule has 11 heteroatoms. The number of fused-ring (bicyclic) bond motifs is 1. The molecule has 186 valence electrons. The highest BCUT2D eigenvalue weighted by Gasteiger charge is 2.42. The molecule has 1 saturated heterocycles. The van der Waals surface area contributed by atoms with E-state index < -0.39 is 21.9 Å². The molecule has 1 aliphatic rings. The summed E-state index contributed by atoms with van der Waals surface area (Å²) < 4.78 is 47.5. The minimum absolute atomic E-state index is 0.0491. The Bertz CT molecular complexity index is 1490. The van der Waals surface area contributed by atoms with Gasteiger partial charge in [0.2, 0.25) is 15.9 Å². The average molecular weight is 527 g/mol. The number of nitrogens with zero attached hydrogens (tertiary/aromatic N) is 4. The normalized spacial score (nSPS) is 16.3. The van der Waals surface area contributed by atoms with E-state index in [1.165, 1.54) is 32.7 Å². The van der Waals surface area contributed by atoms with Crippen molar-refractivity contribution in [1.29, 1.82) is 0 Å². The first kappa shape index (κ1) is 24.3. The Morgan fingerprint density at radius 1 is 1.19 bits per heavy atom. The number of sulfonamides is 1. The van der Waals surface area contributed by atoms with Crippen LogP contribution in [0.4, 0.5) is 9.52 Å². The number of anilines is 1. The van der Waals surface area contributed by atoms with Gasteiger partial charge in [0, 0.05) is 18.8 Å². The summed E-state index contributed by atoms with van der Waals surface area (Å²) in [6.07, 6.45) is 2.55. The third-order valence-electron chi connectivity index (χ3n) is 6.04. The van der Waals surface area contributed by atoms with Crippen molar-refractivity contribution in [2.75, 3.05) is 18.6 Å². The van der Waals surface area contributed by atoms with E-state index in [-0.39, 0.29) is 23.9 Å². The topological polar surface area (TPSA) is 92.7 Å². The van der Waals surface area contributed by atoms with E-state index in [1.54, 1.807) is 31.5 Å². The van der Waals surface area contributed by atoms with Gasteiger partial charge in [-0.25, -0.2) is 17.8 Å². The Morgan fingerprint density at radius 3 is 2.72 bits per heavy atom. The molecule has 0 saturated carbocycles. The van der Waals surface area contributed by atoms with Gasteiger partial charge in [-0.1, -0.05) is 17.4 Å². The predicted molar refractivity (Wildman–Crippen MR) is 135 cm³/mol. The van der Waals surface area contributed by atoms with Crippen molar-refractivity contribution in [3.05, 3.63) is 78.4 Å². The molecule has 2 aromatic carbocycles. The van der Waals surface area contributed by atoms with E-state index in [9.17, 15) is 17.6 Å². The molecule has 1 fully saturated rings. The molecule has 4 aromatic rings. The van der Waals surface area contributed by atoms with Crippen LogP contribution in [0.5, 0.6) is 5.75 Å². The first-order valence-corrected chi connectivity index (χ1v) is 13.6. The summed E-state index contributed by atoms with van der Waals surface area (Å²) in [4.78, 5) is 24.4. The number of pyridine rings is 1. The smallest absolute Gasteiger partial charge is 0.247 e. The summed E-state index contributed by atoms with van der Waals surface area (Å²) in [7, 11) is -2.43. The third kappa shape index (κ3) is 4.69. The Hall–Kier alpha value is -3.41. The fourth-order valence-corrected chi connectivity index (χ4v) is 6.83. The molecule has 1 unspecified atom stereocenters. The van der Waals surface area contributed by atoms with Crippen LogP contribution in [0, 0.1) is 5.82 Å². The zero-order valence-corrected chi connectivity index (χ0v) is 21.0. The summed E-state index contributed by atoms with van der Waals surface area (Å²) in [6.45, 7) is 0.335. The van der Waals surface area contributed by atoms with Crippen molar-refractivity contribution in [2.24, 2.45) is 0 Å². The van der Waals surface area contributed by atoms with E-state index in [1.807, 2.05) is 18.2 Å². The van der Waals surface area contributed by atoms with Crippen LogP contribution < -0.4 is 9.64 Å². The van der Waals surface area contributed by atoms with Crippen LogP contribution in [0.2, 0.25) is 0 Å². The van der Waals surface area contributed by atoms with Crippen LogP contribution >= 0.6 is 11.3 Å². The molecular weight excluding hydrogens is 503 g/mol. The van der Waals surface area contributed by atoms with Crippen LogP contribution in [-0.2, 0) is 21.4 Å². The van der Waals surface area contributed by atoms with Crippen molar-refractivity contribution in [1.82, 2.24) is 14.3 Å². The number of thiazole rings is 1. The molecule has 1 aliphatic heterocycles. The number of methoxy groups -OCH3 is 1. The SMILES string of the molecule is COc1ccc2sc(N(Cc3ccccn3)C(=O)C3CCCN3S(=O)(=O)c3ccc(F)cc3)nc2c1. The lowest BCUT2D eigenvalue weighted by Gasteiger charge is -2.28. The van der Waals surface area contributed by atoms with Crippen molar-refractivity contribution >= 4 is 42.6 Å². The van der Waals surface area contributed by atoms with Gasteiger partial charge >= 0.3 is 0 Å². The number of hydrogen-bond acceptors (Lipinski definition) is 7. The Balaban J connectivity index is 1.52. The first-order chi connectivity index (χ1) is 17.4. The van der Waals surface area contributed by atoms with Crippen LogP contribution in [0.25, 0.3) is 10.2 Å². The zero-order valence-electron chi connectivity index (χ0n) is 19.4. The quantitative estimate of drug-likeness (QED) is 0.358. The van der Waals surface area contributed by atoms with Crippen LogP contribution in [-0.4, -0.2) is 48.3 Å². The fraction of sp³-hybridized carbons (Fsp3) is 0.240. The maximum Gasteiger partial charge on any atom is 0.247 e. The van der Waals surface area contributed by atoms with E-state index in [2.05, 4.69) is 9.97 Å². The number of hydrogen-bond donors (Lipinski definition) is 0. The summed E-state index contributed by atoms with van der Waals surface area (Å²) in [5, 5.41) is 0.444. The number of rotatable bonds is 7. The molecule has 1 atom stereocenters. The van der Waals surface area contributed by atoms with Crippen LogP contribution in [0.1, 0.15) is 18.5 Å². The summed E-state index contributed by atoms with van der Waals surface area (Å²) >= 11 is 1.34. The second kappa shape index (κ2) is 9.92. The Labute approximate surface area is 212 Å². The third-order valence-corrected chi connectivity index (χ3v) is 9.02. The van der Waals surface area contributed by atoms with E-state index in [0.717, 1.165) is 16.8 Å². The van der Waals surface area contributed by atoms with Crippen molar-refractivity contribution in [3.63, 3.8) is 0 Å². The van der Waals surface area contributed by atoms with Gasteiger partial charge in [-0.3, -0.25) is 14.7 Å². The summed E-state index contributed by atoms with van der Waals surface area (Å²) in [5.41, 5.74) is 1.32. The van der Waals surface area contributed by atoms with Gasteiger partial charge in [-0.15, -0.1) is 0 Å². The molecule has 3 heterocycles. The van der Waals surface area contributed by atoms with Gasteiger partial charge in [0.15, 0.2) is 5.13 Å². The fourth-order valence-electron chi connectivity index (χ4n) is 4.23. The highest BCUT2D eigenvalue weighted by atomic mass is 32.2. The van der Waals surface area contributed by atoms with E-state index in [0.29, 0.717) is 34.9 Å². The molecular formula is C25H23FN4O4S2. The predicted octanol–water partition coefficient (Wildman–Crippen LogP) is 4.23. The molecule has 8 nitrogen and oxygen atoms in total. The molecule has 0 spiro atoms. The highest BCUT2D eigenvalue weighted by molar-refractivity contribution is 7.89. The minimum Gasteiger partial charge on any atom is -0.497 e. The van der Waals surface area contributed by atoms with E-state index in [4.69, 9.17) is 4.74 Å². The lowest BCUT2D eigenvalue weighted by Crippen LogP contribution is -2.47. The molecule has 0 N–H and O–H groups in total. The van der Waals surface area contributed by atoms with E-state index >= 15 is 0 Å². The molecule has 1 amide bonds. The molecule has 5 rings (SSSR count). The summed E-state index contributed by atoms with van der Waals surface area (Å²) in [5.74, 6) is -0.263. The monoisotopic (exact) mass is 526 g/mol. The van der Waals surface area contributed by atoms with Crippen molar-refractivity contribution in [3.8, 4) is 5.75 Å². The van der Waals surface area contributed by atoms with Crippen LogP contribution in [0.3, 0.4) is 0 Å². The van der Waals surface area contributed by atoms with Gasteiger partial charge in [-0.2, -0.15) is 4.31 Å². The number of benzene rings is 2. The summed E-state index contributed by atoms with van der Waals surface area (Å²) in [6, 6.07) is 14.6. The number of carbonyl (C=O) groups excluding carboxylic acids is 1. The van der Waals surface area contributed by atoms with Crippen LogP contribution in [0.15, 0.2) is 71.8 Å². The average Bonchev–Trinajstić information content (AvgIpc) is 3.55. The largest absolute Gasteiger partial charge is 0.497 e. The molecule has 2 aromatic heterocycles. The van der Waals surface area contributed by atoms with Crippen molar-refractivity contribution < 1.29 is 22.3 Å². The number of ether oxygens (including phenoxy) is 1. The van der Waals surface area contributed by atoms with Gasteiger partial charge < -0.3 is 4.74 Å². The number of carbonyl (C=O) groups is 1. The highest BCUT2D eigenvalue weighted by Crippen LogP contribution is 2.34. The minimum atomic E-state index is -4.00.